The van der Waals surface area contributed by atoms with Gasteiger partial charge in [0.2, 0.25) is 19.9 Å². The zero-order valence-electron chi connectivity index (χ0n) is 16.2. The number of halogens is 1. The summed E-state index contributed by atoms with van der Waals surface area (Å²) in [6.45, 7) is 3.54. The summed E-state index contributed by atoms with van der Waals surface area (Å²) in [5.41, 5.74) is 1.51. The van der Waals surface area contributed by atoms with E-state index >= 15 is 0 Å². The van der Waals surface area contributed by atoms with Gasteiger partial charge in [0, 0.05) is 15.9 Å². The van der Waals surface area contributed by atoms with E-state index in [4.69, 9.17) is 11.6 Å². The molecule has 0 saturated heterocycles. The van der Waals surface area contributed by atoms with Gasteiger partial charge in [0.15, 0.2) is 0 Å². The van der Waals surface area contributed by atoms with Crippen LogP contribution in [0.3, 0.4) is 0 Å². The van der Waals surface area contributed by atoms with Crippen molar-refractivity contribution in [2.75, 3.05) is 0 Å². The Labute approximate surface area is 179 Å². The molecule has 2 aromatic carbocycles. The number of carbonyl (C=O) groups is 1. The average Bonchev–Trinajstić information content (AvgIpc) is 3.42. The van der Waals surface area contributed by atoms with E-state index < -0.39 is 31.0 Å². The SMILES string of the molecule is Cc1cc(C)cc(S(=O)(=O)c2c(C(=O)NS(=O)(=O)C3CC3)[nH]c3ccc(Cl)cc23)c1. The number of aryl methyl sites for hydroxylation is 2. The monoisotopic (exact) mass is 466 g/mol. The van der Waals surface area contributed by atoms with Crippen LogP contribution in [0.15, 0.2) is 46.2 Å². The molecule has 1 aliphatic carbocycles. The highest BCUT2D eigenvalue weighted by Gasteiger charge is 2.38. The van der Waals surface area contributed by atoms with E-state index in [2.05, 4.69) is 4.98 Å². The van der Waals surface area contributed by atoms with Crippen molar-refractivity contribution in [1.82, 2.24) is 9.71 Å². The Morgan fingerprint density at radius 2 is 1.67 bits per heavy atom. The third-order valence-corrected chi connectivity index (χ3v) is 8.78. The van der Waals surface area contributed by atoms with Crippen LogP contribution in [0.5, 0.6) is 0 Å². The molecule has 10 heteroatoms. The van der Waals surface area contributed by atoms with Gasteiger partial charge in [-0.2, -0.15) is 0 Å². The van der Waals surface area contributed by atoms with Gasteiger partial charge in [0.05, 0.1) is 10.1 Å². The predicted octanol–water partition coefficient (Wildman–Crippen LogP) is 3.49. The highest BCUT2D eigenvalue weighted by Crippen LogP contribution is 2.35. The average molecular weight is 467 g/mol. The van der Waals surface area contributed by atoms with Crippen molar-refractivity contribution in [1.29, 1.82) is 0 Å². The fraction of sp³-hybridized carbons (Fsp3) is 0.250. The van der Waals surface area contributed by atoms with Crippen LogP contribution in [0.4, 0.5) is 0 Å². The number of benzene rings is 2. The molecule has 1 heterocycles. The first-order valence-corrected chi connectivity index (χ1v) is 12.6. The Morgan fingerprint density at radius 3 is 2.27 bits per heavy atom. The summed E-state index contributed by atoms with van der Waals surface area (Å²) in [6, 6.07) is 9.39. The van der Waals surface area contributed by atoms with E-state index in [1.807, 2.05) is 10.8 Å². The molecule has 1 saturated carbocycles. The van der Waals surface area contributed by atoms with Crippen LogP contribution in [0.1, 0.15) is 34.5 Å². The Morgan fingerprint density at radius 1 is 1.03 bits per heavy atom. The maximum absolute atomic E-state index is 13.6. The van der Waals surface area contributed by atoms with Crippen molar-refractivity contribution in [2.45, 2.75) is 41.7 Å². The molecule has 0 bridgehead atoms. The summed E-state index contributed by atoms with van der Waals surface area (Å²) in [5.74, 6) is -1.02. The number of rotatable bonds is 5. The summed E-state index contributed by atoms with van der Waals surface area (Å²) in [5, 5.41) is -0.119. The minimum absolute atomic E-state index is 0.0139. The molecule has 0 atom stereocenters. The molecule has 0 spiro atoms. The molecule has 7 nitrogen and oxygen atoms in total. The number of hydrogen-bond donors (Lipinski definition) is 2. The lowest BCUT2D eigenvalue weighted by molar-refractivity contribution is 0.0974. The lowest BCUT2D eigenvalue weighted by Crippen LogP contribution is -2.34. The Kier molecular flexibility index (Phi) is 4.95. The van der Waals surface area contributed by atoms with Gasteiger partial charge >= 0.3 is 0 Å². The van der Waals surface area contributed by atoms with E-state index in [9.17, 15) is 21.6 Å². The van der Waals surface area contributed by atoms with Crippen molar-refractivity contribution >= 4 is 48.3 Å². The number of fused-ring (bicyclic) bond motifs is 1. The van der Waals surface area contributed by atoms with Crippen molar-refractivity contribution < 1.29 is 21.6 Å². The molecule has 1 amide bonds. The molecule has 1 aliphatic rings. The lowest BCUT2D eigenvalue weighted by Gasteiger charge is -2.10. The predicted molar refractivity (Wildman–Crippen MR) is 114 cm³/mol. The minimum Gasteiger partial charge on any atom is -0.349 e. The second-order valence-electron chi connectivity index (χ2n) is 7.52. The molecular weight excluding hydrogens is 448 g/mol. The molecular formula is C20H19ClN2O5S2. The van der Waals surface area contributed by atoms with Crippen molar-refractivity contribution in [3.05, 3.63) is 58.2 Å². The van der Waals surface area contributed by atoms with Crippen LogP contribution in [-0.2, 0) is 19.9 Å². The third kappa shape index (κ3) is 3.73. The third-order valence-electron chi connectivity index (χ3n) is 4.91. The van der Waals surface area contributed by atoms with Crippen molar-refractivity contribution in [3.8, 4) is 0 Å². The van der Waals surface area contributed by atoms with Crippen LogP contribution in [-0.4, -0.2) is 33.0 Å². The first-order valence-electron chi connectivity index (χ1n) is 9.19. The number of nitrogens with one attached hydrogen (secondary N) is 2. The molecule has 158 valence electrons. The number of carbonyl (C=O) groups excluding carboxylic acids is 1. The highest BCUT2D eigenvalue weighted by atomic mass is 35.5. The van der Waals surface area contributed by atoms with Crippen LogP contribution in [0.2, 0.25) is 5.02 Å². The van der Waals surface area contributed by atoms with Crippen LogP contribution < -0.4 is 4.72 Å². The van der Waals surface area contributed by atoms with Gasteiger partial charge in [-0.05, 0) is 68.1 Å². The van der Waals surface area contributed by atoms with Gasteiger partial charge in [0.1, 0.15) is 10.6 Å². The standard InChI is InChI=1S/C20H19ClN2O5S2/c1-11-7-12(2)9-15(8-11)29(25,26)19-16-10-13(21)3-6-17(16)22-18(19)20(24)23-30(27,28)14-4-5-14/h3,6-10,14,22H,4-5H2,1-2H3,(H,23,24). The van der Waals surface area contributed by atoms with Gasteiger partial charge in [-0.25, -0.2) is 21.6 Å². The van der Waals surface area contributed by atoms with Crippen molar-refractivity contribution in [2.24, 2.45) is 0 Å². The van der Waals surface area contributed by atoms with E-state index in [1.54, 1.807) is 26.0 Å². The van der Waals surface area contributed by atoms with Gasteiger partial charge in [-0.15, -0.1) is 0 Å². The second kappa shape index (κ2) is 7.11. The van der Waals surface area contributed by atoms with Gasteiger partial charge in [0.25, 0.3) is 5.91 Å². The Hall–Kier alpha value is -2.36. The summed E-state index contributed by atoms with van der Waals surface area (Å²) in [6.07, 6.45) is 0.942. The number of sulfonamides is 1. The van der Waals surface area contributed by atoms with Crippen LogP contribution in [0.25, 0.3) is 10.9 Å². The molecule has 4 rings (SSSR count). The molecule has 1 aromatic heterocycles. The summed E-state index contributed by atoms with van der Waals surface area (Å²) in [4.78, 5) is 15.3. The first-order chi connectivity index (χ1) is 14.0. The Bertz CT molecular complexity index is 1380. The number of hydrogen-bond acceptors (Lipinski definition) is 5. The first kappa shape index (κ1) is 20.9. The fourth-order valence-corrected chi connectivity index (χ4v) is 6.67. The smallest absolute Gasteiger partial charge is 0.282 e. The number of aromatic amines is 1. The number of amides is 1. The Balaban J connectivity index is 1.94. The van der Waals surface area contributed by atoms with E-state index in [1.165, 1.54) is 18.2 Å². The molecule has 2 N–H and O–H groups in total. The topological polar surface area (TPSA) is 113 Å². The van der Waals surface area contributed by atoms with E-state index in [0.717, 1.165) is 11.1 Å². The fourth-order valence-electron chi connectivity index (χ4n) is 3.43. The van der Waals surface area contributed by atoms with Gasteiger partial charge < -0.3 is 4.98 Å². The molecule has 30 heavy (non-hydrogen) atoms. The highest BCUT2D eigenvalue weighted by molar-refractivity contribution is 7.92. The van der Waals surface area contributed by atoms with Gasteiger partial charge in [-0.1, -0.05) is 17.7 Å². The minimum atomic E-state index is -4.17. The summed E-state index contributed by atoms with van der Waals surface area (Å²) < 4.78 is 53.6. The quantitative estimate of drug-likeness (QED) is 0.597. The number of H-pyrrole nitrogens is 1. The van der Waals surface area contributed by atoms with E-state index in [0.29, 0.717) is 18.4 Å². The summed E-state index contributed by atoms with van der Waals surface area (Å²) >= 11 is 6.08. The zero-order chi connectivity index (χ0) is 21.8. The van der Waals surface area contributed by atoms with Crippen LogP contribution in [0, 0.1) is 13.8 Å². The molecule has 3 aromatic rings. The molecule has 0 unspecified atom stereocenters. The zero-order valence-corrected chi connectivity index (χ0v) is 18.6. The number of aromatic nitrogens is 1. The second-order valence-corrected chi connectivity index (χ2v) is 11.8. The normalized spacial score (nSPS) is 14.8. The maximum atomic E-state index is 13.6. The lowest BCUT2D eigenvalue weighted by atomic mass is 10.2. The van der Waals surface area contributed by atoms with Crippen molar-refractivity contribution in [3.63, 3.8) is 0 Å². The van der Waals surface area contributed by atoms with Crippen LogP contribution >= 0.6 is 11.6 Å². The van der Waals surface area contributed by atoms with Gasteiger partial charge in [-0.3, -0.25) is 4.79 Å². The largest absolute Gasteiger partial charge is 0.349 e. The molecule has 0 aliphatic heterocycles. The number of sulfone groups is 1. The maximum Gasteiger partial charge on any atom is 0.282 e. The molecule has 1 fully saturated rings. The van der Waals surface area contributed by atoms with E-state index in [-0.39, 0.29) is 25.9 Å². The summed E-state index contributed by atoms with van der Waals surface area (Å²) in [7, 11) is -8.03. The molecule has 0 radical (unpaired) electrons.